The molecule has 170 valence electrons. The van der Waals surface area contributed by atoms with E-state index in [1.807, 2.05) is 35.6 Å². The Labute approximate surface area is 191 Å². The molecule has 0 radical (unpaired) electrons. The maximum absolute atomic E-state index is 13.1. The molecule has 4 aromatic rings. The SMILES string of the molecule is O=C(c1cnn2ccc(-c3c[nH]c4nc(NC5CCOCC5)ncc34)cc12)N1CCCCC1. The van der Waals surface area contributed by atoms with Crippen LogP contribution in [0.5, 0.6) is 0 Å². The predicted octanol–water partition coefficient (Wildman–Crippen LogP) is 3.49. The Hall–Kier alpha value is -3.46. The zero-order valence-corrected chi connectivity index (χ0v) is 18.5. The summed E-state index contributed by atoms with van der Waals surface area (Å²) in [5.41, 5.74) is 4.25. The number of anilines is 1. The number of fused-ring (bicyclic) bond motifs is 2. The summed E-state index contributed by atoms with van der Waals surface area (Å²) in [6.07, 6.45) is 12.6. The first-order valence-corrected chi connectivity index (χ1v) is 11.7. The molecule has 0 spiro atoms. The van der Waals surface area contributed by atoms with Gasteiger partial charge in [-0.2, -0.15) is 10.1 Å². The first kappa shape index (κ1) is 20.2. The number of H-pyrrole nitrogens is 1. The van der Waals surface area contributed by atoms with Gasteiger partial charge in [0.15, 0.2) is 0 Å². The van der Waals surface area contributed by atoms with E-state index < -0.39 is 0 Å². The Bertz CT molecular complexity index is 1300. The maximum atomic E-state index is 13.1. The highest BCUT2D eigenvalue weighted by atomic mass is 16.5. The molecule has 0 atom stereocenters. The van der Waals surface area contributed by atoms with Crippen molar-refractivity contribution in [3.8, 4) is 11.1 Å². The maximum Gasteiger partial charge on any atom is 0.257 e. The third-order valence-corrected chi connectivity index (χ3v) is 6.69. The second-order valence-electron chi connectivity index (χ2n) is 8.85. The van der Waals surface area contributed by atoms with E-state index in [-0.39, 0.29) is 5.91 Å². The van der Waals surface area contributed by atoms with E-state index in [9.17, 15) is 4.79 Å². The van der Waals surface area contributed by atoms with E-state index in [1.165, 1.54) is 6.42 Å². The Kier molecular flexibility index (Phi) is 5.18. The van der Waals surface area contributed by atoms with Crippen LogP contribution in [0.2, 0.25) is 0 Å². The number of ether oxygens (including phenoxy) is 1. The lowest BCUT2D eigenvalue weighted by Gasteiger charge is -2.26. The summed E-state index contributed by atoms with van der Waals surface area (Å²) in [5, 5.41) is 8.77. The number of rotatable bonds is 4. The van der Waals surface area contributed by atoms with Crippen LogP contribution in [-0.2, 0) is 4.74 Å². The molecule has 0 aromatic carbocycles. The number of likely N-dealkylation sites (tertiary alicyclic amines) is 1. The van der Waals surface area contributed by atoms with Crippen molar-refractivity contribution in [3.63, 3.8) is 0 Å². The van der Waals surface area contributed by atoms with Crippen molar-refractivity contribution in [2.24, 2.45) is 0 Å². The number of aromatic amines is 1. The second kappa shape index (κ2) is 8.47. The minimum Gasteiger partial charge on any atom is -0.381 e. The van der Waals surface area contributed by atoms with E-state index in [4.69, 9.17) is 4.74 Å². The molecular formula is C24H27N7O2. The van der Waals surface area contributed by atoms with Crippen LogP contribution in [0.3, 0.4) is 0 Å². The highest BCUT2D eigenvalue weighted by Crippen LogP contribution is 2.30. The lowest BCUT2D eigenvalue weighted by atomic mass is 10.1. The number of nitrogens with one attached hydrogen (secondary N) is 2. The summed E-state index contributed by atoms with van der Waals surface area (Å²) < 4.78 is 7.19. The molecule has 2 saturated heterocycles. The number of amides is 1. The van der Waals surface area contributed by atoms with Crippen LogP contribution in [0, 0.1) is 0 Å². The van der Waals surface area contributed by atoms with Gasteiger partial charge in [-0.25, -0.2) is 9.50 Å². The van der Waals surface area contributed by atoms with E-state index in [2.05, 4.69) is 25.4 Å². The summed E-state index contributed by atoms with van der Waals surface area (Å²) in [5.74, 6) is 0.691. The standard InChI is InChI=1S/C24H27N7O2/c32-23(30-7-2-1-3-8-30)20-15-27-31-9-4-16(12-21(20)31)18-13-25-22-19(18)14-26-24(29-22)28-17-5-10-33-11-6-17/h4,9,12-15,17H,1-3,5-8,10-11H2,(H2,25,26,28,29). The Morgan fingerprint density at radius 1 is 1.15 bits per heavy atom. The largest absolute Gasteiger partial charge is 0.381 e. The quantitative estimate of drug-likeness (QED) is 0.499. The van der Waals surface area contributed by atoms with Crippen LogP contribution < -0.4 is 5.32 Å². The van der Waals surface area contributed by atoms with Gasteiger partial charge in [0.1, 0.15) is 5.65 Å². The molecule has 6 heterocycles. The minimum absolute atomic E-state index is 0.0629. The average Bonchev–Trinajstić information content (AvgIpc) is 3.48. The molecule has 9 heteroatoms. The van der Waals surface area contributed by atoms with Crippen molar-refractivity contribution in [2.75, 3.05) is 31.6 Å². The molecule has 2 aliphatic rings. The molecular weight excluding hydrogens is 418 g/mol. The van der Waals surface area contributed by atoms with E-state index in [0.29, 0.717) is 17.6 Å². The third kappa shape index (κ3) is 3.82. The lowest BCUT2D eigenvalue weighted by Crippen LogP contribution is -2.35. The van der Waals surface area contributed by atoms with Gasteiger partial charge in [0.2, 0.25) is 5.95 Å². The van der Waals surface area contributed by atoms with Crippen LogP contribution in [0.25, 0.3) is 27.7 Å². The summed E-state index contributed by atoms with van der Waals surface area (Å²) >= 11 is 0. The zero-order chi connectivity index (χ0) is 22.2. The fourth-order valence-electron chi connectivity index (χ4n) is 4.82. The molecule has 33 heavy (non-hydrogen) atoms. The Balaban J connectivity index is 1.31. The molecule has 2 aliphatic heterocycles. The Morgan fingerprint density at radius 3 is 2.85 bits per heavy atom. The van der Waals surface area contributed by atoms with Crippen molar-refractivity contribution in [2.45, 2.75) is 38.1 Å². The summed E-state index contributed by atoms with van der Waals surface area (Å²) in [4.78, 5) is 27.6. The summed E-state index contributed by atoms with van der Waals surface area (Å²) in [6, 6.07) is 4.37. The molecule has 1 amide bonds. The molecule has 2 N–H and O–H groups in total. The van der Waals surface area contributed by atoms with Crippen molar-refractivity contribution in [1.82, 2.24) is 29.5 Å². The van der Waals surface area contributed by atoms with E-state index in [0.717, 1.165) is 79.7 Å². The monoisotopic (exact) mass is 445 g/mol. The van der Waals surface area contributed by atoms with Gasteiger partial charge >= 0.3 is 0 Å². The highest BCUT2D eigenvalue weighted by molar-refractivity contribution is 6.02. The molecule has 2 fully saturated rings. The lowest BCUT2D eigenvalue weighted by molar-refractivity contribution is 0.0726. The Morgan fingerprint density at radius 2 is 2.00 bits per heavy atom. The fraction of sp³-hybridized carbons (Fsp3) is 0.417. The van der Waals surface area contributed by atoms with Crippen molar-refractivity contribution < 1.29 is 9.53 Å². The topological polar surface area (TPSA) is 100 Å². The molecule has 4 aromatic heterocycles. The van der Waals surface area contributed by atoms with Crippen LogP contribution in [0.1, 0.15) is 42.5 Å². The average molecular weight is 446 g/mol. The number of hydrogen-bond donors (Lipinski definition) is 2. The molecule has 9 nitrogen and oxygen atoms in total. The summed E-state index contributed by atoms with van der Waals surface area (Å²) in [7, 11) is 0. The predicted molar refractivity (Wildman–Crippen MR) is 125 cm³/mol. The molecule has 0 aliphatic carbocycles. The molecule has 6 rings (SSSR count). The first-order chi connectivity index (χ1) is 16.3. The number of carbonyl (C=O) groups excluding carboxylic acids is 1. The fourth-order valence-corrected chi connectivity index (χ4v) is 4.82. The highest BCUT2D eigenvalue weighted by Gasteiger charge is 2.22. The number of pyridine rings is 1. The number of nitrogens with zero attached hydrogens (tertiary/aromatic N) is 5. The molecule has 0 saturated carbocycles. The van der Waals surface area contributed by atoms with Crippen molar-refractivity contribution in [1.29, 1.82) is 0 Å². The first-order valence-electron chi connectivity index (χ1n) is 11.7. The van der Waals surface area contributed by atoms with Gasteiger partial charge in [0, 0.05) is 61.9 Å². The summed E-state index contributed by atoms with van der Waals surface area (Å²) in [6.45, 7) is 3.18. The van der Waals surface area contributed by atoms with Crippen molar-refractivity contribution in [3.05, 3.63) is 42.5 Å². The number of piperidine rings is 1. The number of hydrogen-bond acceptors (Lipinski definition) is 6. The van der Waals surface area contributed by atoms with Gasteiger partial charge in [-0.05, 0) is 49.8 Å². The van der Waals surface area contributed by atoms with Gasteiger partial charge in [-0.1, -0.05) is 0 Å². The van der Waals surface area contributed by atoms with Gasteiger partial charge in [-0.3, -0.25) is 4.79 Å². The van der Waals surface area contributed by atoms with Crippen LogP contribution in [0.4, 0.5) is 5.95 Å². The normalized spacial score (nSPS) is 17.6. The van der Waals surface area contributed by atoms with Gasteiger partial charge in [0.25, 0.3) is 5.91 Å². The minimum atomic E-state index is 0.0629. The molecule has 0 bridgehead atoms. The number of aromatic nitrogens is 5. The van der Waals surface area contributed by atoms with Crippen LogP contribution >= 0.6 is 0 Å². The van der Waals surface area contributed by atoms with E-state index >= 15 is 0 Å². The van der Waals surface area contributed by atoms with Gasteiger partial charge in [-0.15, -0.1) is 0 Å². The second-order valence-corrected chi connectivity index (χ2v) is 8.85. The van der Waals surface area contributed by atoms with Crippen LogP contribution in [0.15, 0.2) is 36.9 Å². The van der Waals surface area contributed by atoms with Gasteiger partial charge < -0.3 is 19.9 Å². The molecule has 0 unspecified atom stereocenters. The third-order valence-electron chi connectivity index (χ3n) is 6.69. The van der Waals surface area contributed by atoms with E-state index in [1.54, 1.807) is 10.7 Å². The number of carbonyl (C=O) groups is 1. The van der Waals surface area contributed by atoms with Crippen LogP contribution in [-0.4, -0.2) is 67.7 Å². The smallest absolute Gasteiger partial charge is 0.257 e. The zero-order valence-electron chi connectivity index (χ0n) is 18.5. The van der Waals surface area contributed by atoms with Gasteiger partial charge in [0.05, 0.1) is 17.3 Å². The van der Waals surface area contributed by atoms with Crippen molar-refractivity contribution >= 4 is 28.4 Å².